The third kappa shape index (κ3) is 2.99. The van der Waals surface area contributed by atoms with Crippen LogP contribution in [0.4, 0.5) is 0 Å². The maximum atomic E-state index is 11.7. The molecule has 0 saturated carbocycles. The van der Waals surface area contributed by atoms with Crippen molar-refractivity contribution in [2.75, 3.05) is 6.61 Å². The molecule has 20 heavy (non-hydrogen) atoms. The molecule has 0 radical (unpaired) electrons. The fourth-order valence-corrected chi connectivity index (χ4v) is 2.22. The average Bonchev–Trinajstić information content (AvgIpc) is 2.77. The molecule has 106 valence electrons. The second kappa shape index (κ2) is 6.52. The lowest BCUT2D eigenvalue weighted by Gasteiger charge is -2.09. The van der Waals surface area contributed by atoms with E-state index in [1.807, 2.05) is 12.2 Å². The first-order chi connectivity index (χ1) is 9.67. The number of hydrogen-bond acceptors (Lipinski definition) is 4. The van der Waals surface area contributed by atoms with Gasteiger partial charge in [0.1, 0.15) is 5.15 Å². The number of rotatable bonds is 5. The molecule has 0 aromatic carbocycles. The first-order valence-electron chi connectivity index (χ1n) is 6.40. The van der Waals surface area contributed by atoms with Crippen molar-refractivity contribution < 1.29 is 14.3 Å². The van der Waals surface area contributed by atoms with E-state index < -0.39 is 5.97 Å². The summed E-state index contributed by atoms with van der Waals surface area (Å²) in [6.45, 7) is 2.37. The normalized spacial score (nSPS) is 14.0. The Bertz CT molecular complexity index is 587. The van der Waals surface area contributed by atoms with Crippen LogP contribution in [0, 0.1) is 0 Å². The zero-order valence-electron chi connectivity index (χ0n) is 11.1. The molecule has 1 aromatic rings. The molecule has 6 heteroatoms. The molecule has 1 aromatic heterocycles. The minimum absolute atomic E-state index is 0.0289. The van der Waals surface area contributed by atoms with Gasteiger partial charge in [-0.2, -0.15) is 5.10 Å². The monoisotopic (exact) mass is 294 g/mol. The predicted molar refractivity (Wildman–Crippen MR) is 75.0 cm³/mol. The lowest BCUT2D eigenvalue weighted by Crippen LogP contribution is -2.09. The molecule has 0 saturated heterocycles. The number of ether oxygens (including phenoxy) is 1. The summed E-state index contributed by atoms with van der Waals surface area (Å²) in [4.78, 5) is 22.8. The summed E-state index contributed by atoms with van der Waals surface area (Å²) in [6.07, 6.45) is 8.46. The summed E-state index contributed by atoms with van der Waals surface area (Å²) in [5.41, 5.74) is 1.20. The van der Waals surface area contributed by atoms with Gasteiger partial charge < -0.3 is 4.74 Å². The number of aromatic nitrogens is 2. The van der Waals surface area contributed by atoms with Crippen molar-refractivity contribution in [1.82, 2.24) is 9.78 Å². The maximum Gasteiger partial charge on any atom is 0.359 e. The first-order valence-corrected chi connectivity index (χ1v) is 6.78. The third-order valence-corrected chi connectivity index (χ3v) is 3.36. The fourth-order valence-electron chi connectivity index (χ4n) is 1.99. The Morgan fingerprint density at radius 3 is 3.00 bits per heavy atom. The van der Waals surface area contributed by atoms with Gasteiger partial charge in [-0.1, -0.05) is 29.8 Å². The molecule has 1 aliphatic carbocycles. The standard InChI is InChI=1S/C14H15ClN2O3/c1-2-20-14(19)12-11(9-18)13(15)17(16-12)8-10-6-4-3-5-7-10/h3-4,6,9H,2,5,7-8H2,1H3. The molecule has 0 amide bonds. The van der Waals surface area contributed by atoms with Gasteiger partial charge in [-0.3, -0.25) is 4.79 Å². The Balaban J connectivity index is 2.30. The van der Waals surface area contributed by atoms with Crippen LogP contribution in [0.15, 0.2) is 23.8 Å². The number of carbonyl (C=O) groups is 2. The summed E-state index contributed by atoms with van der Waals surface area (Å²) in [5.74, 6) is -0.632. The molecule has 0 aliphatic heterocycles. The van der Waals surface area contributed by atoms with Crippen LogP contribution in [-0.4, -0.2) is 28.6 Å². The van der Waals surface area contributed by atoms with Crippen molar-refractivity contribution in [2.45, 2.75) is 26.3 Å². The van der Waals surface area contributed by atoms with Crippen LogP contribution in [0.2, 0.25) is 5.15 Å². The minimum Gasteiger partial charge on any atom is -0.461 e. The van der Waals surface area contributed by atoms with Crippen molar-refractivity contribution in [3.05, 3.63) is 40.2 Å². The molecule has 1 heterocycles. The maximum absolute atomic E-state index is 11.7. The second-order valence-corrected chi connectivity index (χ2v) is 4.70. The van der Waals surface area contributed by atoms with E-state index >= 15 is 0 Å². The van der Waals surface area contributed by atoms with E-state index in [0.717, 1.165) is 18.4 Å². The number of allylic oxidation sites excluding steroid dienone is 4. The topological polar surface area (TPSA) is 61.2 Å². The number of nitrogens with zero attached hydrogens (tertiary/aromatic N) is 2. The van der Waals surface area contributed by atoms with E-state index in [1.54, 1.807) is 6.92 Å². The van der Waals surface area contributed by atoms with Crippen molar-refractivity contribution >= 4 is 23.9 Å². The number of esters is 1. The quantitative estimate of drug-likeness (QED) is 0.619. The molecule has 0 spiro atoms. The summed E-state index contributed by atoms with van der Waals surface area (Å²) >= 11 is 6.11. The lowest BCUT2D eigenvalue weighted by atomic mass is 10.1. The molecule has 0 fully saturated rings. The minimum atomic E-state index is -0.632. The van der Waals surface area contributed by atoms with Gasteiger partial charge >= 0.3 is 5.97 Å². The van der Waals surface area contributed by atoms with Gasteiger partial charge in [0.15, 0.2) is 12.0 Å². The summed E-state index contributed by atoms with van der Waals surface area (Å²) in [6, 6.07) is 0. The molecule has 2 rings (SSSR count). The Kier molecular flexibility index (Phi) is 4.74. The van der Waals surface area contributed by atoms with Crippen LogP contribution in [0.5, 0.6) is 0 Å². The number of carbonyl (C=O) groups excluding carboxylic acids is 2. The van der Waals surface area contributed by atoms with Crippen molar-refractivity contribution in [2.24, 2.45) is 0 Å². The van der Waals surface area contributed by atoms with Crippen LogP contribution in [0.25, 0.3) is 0 Å². The van der Waals surface area contributed by atoms with Gasteiger partial charge in [0.05, 0.1) is 18.7 Å². The smallest absolute Gasteiger partial charge is 0.359 e. The number of hydrogen-bond donors (Lipinski definition) is 0. The largest absolute Gasteiger partial charge is 0.461 e. The van der Waals surface area contributed by atoms with E-state index in [0.29, 0.717) is 12.8 Å². The molecular weight excluding hydrogens is 280 g/mol. The van der Waals surface area contributed by atoms with E-state index in [1.165, 1.54) is 4.68 Å². The van der Waals surface area contributed by atoms with E-state index in [2.05, 4.69) is 11.2 Å². The predicted octanol–water partition coefficient (Wildman–Crippen LogP) is 2.80. The van der Waals surface area contributed by atoms with Gasteiger partial charge in [0, 0.05) is 0 Å². The Morgan fingerprint density at radius 2 is 2.40 bits per heavy atom. The van der Waals surface area contributed by atoms with E-state index in [9.17, 15) is 9.59 Å². The number of halogens is 1. The van der Waals surface area contributed by atoms with Gasteiger partial charge in [-0.05, 0) is 25.3 Å². The highest BCUT2D eigenvalue weighted by Gasteiger charge is 2.23. The van der Waals surface area contributed by atoms with Crippen LogP contribution in [0.3, 0.4) is 0 Å². The molecule has 0 unspecified atom stereocenters. The molecule has 0 N–H and O–H groups in total. The van der Waals surface area contributed by atoms with Gasteiger partial charge in [0.25, 0.3) is 0 Å². The van der Waals surface area contributed by atoms with Gasteiger partial charge in [-0.15, -0.1) is 0 Å². The highest BCUT2D eigenvalue weighted by atomic mass is 35.5. The molecule has 0 atom stereocenters. The molecule has 1 aliphatic rings. The molecular formula is C14H15ClN2O3. The average molecular weight is 295 g/mol. The summed E-state index contributed by atoms with van der Waals surface area (Å²) < 4.78 is 6.33. The van der Waals surface area contributed by atoms with Crippen LogP contribution >= 0.6 is 11.6 Å². The van der Waals surface area contributed by atoms with Crippen molar-refractivity contribution in [3.8, 4) is 0 Å². The fraction of sp³-hybridized carbons (Fsp3) is 0.357. The van der Waals surface area contributed by atoms with E-state index in [-0.39, 0.29) is 23.0 Å². The second-order valence-electron chi connectivity index (χ2n) is 4.34. The van der Waals surface area contributed by atoms with Crippen LogP contribution in [0.1, 0.15) is 40.6 Å². The zero-order valence-corrected chi connectivity index (χ0v) is 11.9. The third-order valence-electron chi connectivity index (χ3n) is 2.96. The van der Waals surface area contributed by atoms with Crippen LogP contribution < -0.4 is 0 Å². The Labute approximate surface area is 121 Å². The van der Waals surface area contributed by atoms with Gasteiger partial charge in [-0.25, -0.2) is 9.48 Å². The molecule has 0 bridgehead atoms. The molecule has 5 nitrogen and oxygen atoms in total. The summed E-state index contributed by atoms with van der Waals surface area (Å²) in [5, 5.41) is 4.27. The zero-order chi connectivity index (χ0) is 14.5. The Morgan fingerprint density at radius 1 is 1.60 bits per heavy atom. The van der Waals surface area contributed by atoms with Crippen molar-refractivity contribution in [3.63, 3.8) is 0 Å². The van der Waals surface area contributed by atoms with E-state index in [4.69, 9.17) is 16.3 Å². The van der Waals surface area contributed by atoms with Crippen LogP contribution in [-0.2, 0) is 11.3 Å². The summed E-state index contributed by atoms with van der Waals surface area (Å²) in [7, 11) is 0. The number of aldehydes is 1. The highest BCUT2D eigenvalue weighted by molar-refractivity contribution is 6.32. The Hall–Kier alpha value is -1.88. The highest BCUT2D eigenvalue weighted by Crippen LogP contribution is 2.22. The SMILES string of the molecule is CCOC(=O)c1nn(CC2=CC=CCC2)c(Cl)c1C=O. The van der Waals surface area contributed by atoms with Gasteiger partial charge in [0.2, 0.25) is 0 Å². The first kappa shape index (κ1) is 14.5. The van der Waals surface area contributed by atoms with Crippen molar-refractivity contribution in [1.29, 1.82) is 0 Å². The lowest BCUT2D eigenvalue weighted by molar-refractivity contribution is 0.0516.